The number of ether oxygens (including phenoxy) is 2. The summed E-state index contributed by atoms with van der Waals surface area (Å²) in [5, 5.41) is 9.54. The van der Waals surface area contributed by atoms with Gasteiger partial charge in [0, 0.05) is 19.1 Å². The van der Waals surface area contributed by atoms with Crippen LogP contribution in [0.15, 0.2) is 25.3 Å². The van der Waals surface area contributed by atoms with Gasteiger partial charge in [0.25, 0.3) is 0 Å². The fourth-order valence-electron chi connectivity index (χ4n) is 5.14. The number of likely N-dealkylation sites (tertiary alicyclic amines) is 1. The zero-order chi connectivity index (χ0) is 21.3. The quantitative estimate of drug-likeness (QED) is 0.443. The molecule has 2 amide bonds. The van der Waals surface area contributed by atoms with E-state index in [1.807, 2.05) is 13.8 Å². The molecule has 3 aliphatic rings. The van der Waals surface area contributed by atoms with Crippen LogP contribution in [0.5, 0.6) is 0 Å². The van der Waals surface area contributed by atoms with Crippen molar-refractivity contribution in [2.45, 2.75) is 50.5 Å². The summed E-state index contributed by atoms with van der Waals surface area (Å²) in [4.78, 5) is 42.6. The largest absolute Gasteiger partial charge is 0.461 e. The predicted molar refractivity (Wildman–Crippen MR) is 105 cm³/mol. The Hall–Kier alpha value is -2.19. The Kier molecular flexibility index (Phi) is 6.14. The number of hydrogen-bond acceptors (Lipinski definition) is 6. The molecule has 29 heavy (non-hydrogen) atoms. The fraction of sp³-hybridized carbons (Fsp3) is 0.667. The Morgan fingerprint density at radius 1 is 1.41 bits per heavy atom. The second-order valence-corrected chi connectivity index (χ2v) is 8.10. The third-order valence-electron chi connectivity index (χ3n) is 6.22. The highest BCUT2D eigenvalue weighted by molar-refractivity contribution is 5.98. The zero-order valence-corrected chi connectivity index (χ0v) is 17.1. The topological polar surface area (TPSA) is 96.4 Å². The summed E-state index contributed by atoms with van der Waals surface area (Å²) in [5.74, 6) is -2.61. The summed E-state index contributed by atoms with van der Waals surface area (Å²) in [5.41, 5.74) is -1.07. The number of amides is 2. The van der Waals surface area contributed by atoms with E-state index in [0.717, 1.165) is 0 Å². The number of β-amino-alcohol motifs (C(OH)–C–C–N with tert-alkyl or cyclic N) is 1. The Bertz CT molecular complexity index is 707. The SMILES string of the molecule is C=CCOC(=O)[C@@H]1[C@@H]2CCC3(O2)C(C(=O)N(CC=C)C(C)C)N(CCO)C(=O)[C@H]13. The first-order chi connectivity index (χ1) is 13.8. The maximum Gasteiger partial charge on any atom is 0.312 e. The van der Waals surface area contributed by atoms with Gasteiger partial charge in [-0.25, -0.2) is 0 Å². The first-order valence-corrected chi connectivity index (χ1v) is 10.1. The van der Waals surface area contributed by atoms with Crippen molar-refractivity contribution in [2.24, 2.45) is 11.8 Å². The van der Waals surface area contributed by atoms with Crippen LogP contribution in [-0.4, -0.2) is 82.8 Å². The summed E-state index contributed by atoms with van der Waals surface area (Å²) in [6.45, 7) is 11.2. The molecule has 3 fully saturated rings. The van der Waals surface area contributed by atoms with Crippen LogP contribution in [0.25, 0.3) is 0 Å². The van der Waals surface area contributed by atoms with E-state index in [2.05, 4.69) is 13.2 Å². The molecule has 3 saturated heterocycles. The smallest absolute Gasteiger partial charge is 0.312 e. The van der Waals surface area contributed by atoms with Crippen LogP contribution in [0.2, 0.25) is 0 Å². The molecule has 3 heterocycles. The van der Waals surface area contributed by atoms with Gasteiger partial charge in [0.2, 0.25) is 11.8 Å². The molecule has 3 rings (SSSR count). The van der Waals surface area contributed by atoms with Crippen LogP contribution in [0, 0.1) is 11.8 Å². The van der Waals surface area contributed by atoms with Crippen LogP contribution >= 0.6 is 0 Å². The molecule has 8 heteroatoms. The van der Waals surface area contributed by atoms with Gasteiger partial charge in [0.15, 0.2) is 0 Å². The first-order valence-electron chi connectivity index (χ1n) is 10.1. The van der Waals surface area contributed by atoms with Crippen molar-refractivity contribution >= 4 is 17.8 Å². The summed E-state index contributed by atoms with van der Waals surface area (Å²) < 4.78 is 11.5. The molecule has 2 bridgehead atoms. The number of esters is 1. The maximum atomic E-state index is 13.6. The Labute approximate surface area is 171 Å². The number of aliphatic hydroxyl groups is 1. The number of aliphatic hydroxyl groups excluding tert-OH is 1. The number of hydrogen-bond donors (Lipinski definition) is 1. The van der Waals surface area contributed by atoms with E-state index in [9.17, 15) is 19.5 Å². The van der Waals surface area contributed by atoms with E-state index in [1.54, 1.807) is 11.0 Å². The lowest BCUT2D eigenvalue weighted by molar-refractivity contribution is -0.154. The van der Waals surface area contributed by atoms with E-state index in [1.165, 1.54) is 11.0 Å². The number of fused-ring (bicyclic) bond motifs is 1. The van der Waals surface area contributed by atoms with Gasteiger partial charge in [-0.1, -0.05) is 18.7 Å². The lowest BCUT2D eigenvalue weighted by Crippen LogP contribution is -2.57. The van der Waals surface area contributed by atoms with Gasteiger partial charge in [-0.2, -0.15) is 0 Å². The molecular weight excluding hydrogens is 376 g/mol. The van der Waals surface area contributed by atoms with Gasteiger partial charge in [-0.15, -0.1) is 6.58 Å². The minimum Gasteiger partial charge on any atom is -0.461 e. The van der Waals surface area contributed by atoms with Crippen LogP contribution < -0.4 is 0 Å². The normalized spacial score (nSPS) is 32.4. The molecule has 0 aliphatic carbocycles. The molecular formula is C21H30N2O6. The summed E-state index contributed by atoms with van der Waals surface area (Å²) >= 11 is 0. The minimum absolute atomic E-state index is 0.00989. The summed E-state index contributed by atoms with van der Waals surface area (Å²) in [6.07, 6.45) is 3.76. The van der Waals surface area contributed by atoms with Crippen molar-refractivity contribution in [3.8, 4) is 0 Å². The Morgan fingerprint density at radius 2 is 2.14 bits per heavy atom. The van der Waals surface area contributed by atoms with E-state index in [-0.39, 0.29) is 37.6 Å². The lowest BCUT2D eigenvalue weighted by atomic mass is 9.70. The average molecular weight is 406 g/mol. The van der Waals surface area contributed by atoms with Gasteiger partial charge in [-0.3, -0.25) is 14.4 Å². The van der Waals surface area contributed by atoms with Gasteiger partial charge in [0.05, 0.1) is 24.5 Å². The molecule has 5 atom stereocenters. The third kappa shape index (κ3) is 3.28. The molecule has 3 aliphatic heterocycles. The standard InChI is InChI=1S/C21H30N2O6/c1-5-9-22(13(3)4)19(26)17-21-8-7-14(29-21)15(20(27)28-12-6-2)16(21)18(25)23(17)10-11-24/h5-6,13-17,24H,1-2,7-12H2,3-4H3/t14-,15+,16-,17?,21?/m0/s1. The molecule has 0 aromatic carbocycles. The first kappa shape index (κ1) is 21.5. The van der Waals surface area contributed by atoms with Crippen molar-refractivity contribution in [1.29, 1.82) is 0 Å². The summed E-state index contributed by atoms with van der Waals surface area (Å²) in [6, 6.07) is -0.981. The van der Waals surface area contributed by atoms with Crippen LogP contribution in [0.1, 0.15) is 26.7 Å². The van der Waals surface area contributed by atoms with E-state index in [4.69, 9.17) is 9.47 Å². The average Bonchev–Trinajstić information content (AvgIpc) is 3.32. The highest BCUT2D eigenvalue weighted by Gasteiger charge is 2.75. The highest BCUT2D eigenvalue weighted by Crippen LogP contribution is 2.58. The van der Waals surface area contributed by atoms with Crippen LogP contribution in [0.3, 0.4) is 0 Å². The molecule has 1 spiro atoms. The minimum atomic E-state index is -1.07. The van der Waals surface area contributed by atoms with E-state index >= 15 is 0 Å². The van der Waals surface area contributed by atoms with Crippen LogP contribution in [0.4, 0.5) is 0 Å². The molecule has 0 saturated carbocycles. The second-order valence-electron chi connectivity index (χ2n) is 8.10. The molecule has 160 valence electrons. The van der Waals surface area contributed by atoms with Crippen molar-refractivity contribution in [3.63, 3.8) is 0 Å². The third-order valence-corrected chi connectivity index (χ3v) is 6.22. The highest BCUT2D eigenvalue weighted by atomic mass is 16.6. The molecule has 0 radical (unpaired) electrons. The Morgan fingerprint density at radius 3 is 2.72 bits per heavy atom. The Balaban J connectivity index is 2.00. The number of rotatable bonds is 9. The van der Waals surface area contributed by atoms with Gasteiger partial charge in [-0.05, 0) is 26.7 Å². The van der Waals surface area contributed by atoms with Crippen molar-refractivity contribution in [2.75, 3.05) is 26.3 Å². The van der Waals surface area contributed by atoms with Gasteiger partial charge < -0.3 is 24.4 Å². The molecule has 0 aromatic rings. The fourth-order valence-corrected chi connectivity index (χ4v) is 5.14. The summed E-state index contributed by atoms with van der Waals surface area (Å²) in [7, 11) is 0. The monoisotopic (exact) mass is 406 g/mol. The maximum absolute atomic E-state index is 13.6. The molecule has 0 aromatic heterocycles. The number of carbonyl (C=O) groups is 3. The second kappa shape index (κ2) is 8.28. The molecule has 8 nitrogen and oxygen atoms in total. The van der Waals surface area contributed by atoms with Gasteiger partial charge in [0.1, 0.15) is 18.2 Å². The van der Waals surface area contributed by atoms with Gasteiger partial charge >= 0.3 is 5.97 Å². The van der Waals surface area contributed by atoms with Crippen molar-refractivity contribution < 1.29 is 29.0 Å². The zero-order valence-electron chi connectivity index (χ0n) is 17.1. The number of carbonyl (C=O) groups excluding carboxylic acids is 3. The van der Waals surface area contributed by atoms with Crippen molar-refractivity contribution in [1.82, 2.24) is 9.80 Å². The molecule has 2 unspecified atom stereocenters. The van der Waals surface area contributed by atoms with E-state index < -0.39 is 35.6 Å². The predicted octanol–water partition coefficient (Wildman–Crippen LogP) is 0.506. The lowest BCUT2D eigenvalue weighted by Gasteiger charge is -2.38. The van der Waals surface area contributed by atoms with E-state index in [0.29, 0.717) is 19.4 Å². The number of nitrogens with zero attached hydrogens (tertiary/aromatic N) is 2. The van der Waals surface area contributed by atoms with Crippen molar-refractivity contribution in [3.05, 3.63) is 25.3 Å². The van der Waals surface area contributed by atoms with Crippen LogP contribution in [-0.2, 0) is 23.9 Å². The molecule has 1 N–H and O–H groups in total.